The molecule has 1 amide bonds. The van der Waals surface area contributed by atoms with Crippen LogP contribution in [0.5, 0.6) is 0 Å². The zero-order valence-electron chi connectivity index (χ0n) is 13.8. The fraction of sp³-hybridized carbons (Fsp3) is 0.467. The number of nitrogens with zero attached hydrogens (tertiary/aromatic N) is 3. The highest BCUT2D eigenvalue weighted by molar-refractivity contribution is 5.86. The number of nitrogens with two attached hydrogens (primary N) is 1. The summed E-state index contributed by atoms with van der Waals surface area (Å²) < 4.78 is 6.90. The Bertz CT molecular complexity index is 750. The topological polar surface area (TPSA) is 132 Å². The summed E-state index contributed by atoms with van der Waals surface area (Å²) in [5, 5.41) is 12.3. The molecule has 0 spiro atoms. The van der Waals surface area contributed by atoms with Crippen molar-refractivity contribution in [2.45, 2.75) is 45.4 Å². The van der Waals surface area contributed by atoms with E-state index in [0.29, 0.717) is 16.9 Å². The highest BCUT2D eigenvalue weighted by Gasteiger charge is 2.22. The molecule has 0 radical (unpaired) electrons. The summed E-state index contributed by atoms with van der Waals surface area (Å²) in [6, 6.07) is 1.08. The van der Waals surface area contributed by atoms with Crippen molar-refractivity contribution in [3.8, 4) is 0 Å². The molecule has 2 aromatic heterocycles. The van der Waals surface area contributed by atoms with Gasteiger partial charge in [0.05, 0.1) is 17.8 Å². The maximum Gasteiger partial charge on any atom is 0.407 e. The Hall–Kier alpha value is -2.84. The van der Waals surface area contributed by atoms with E-state index in [-0.39, 0.29) is 13.0 Å². The SMILES string of the molecule is CC(C)(C)OC(=O)N[C@@H](CC(=O)O)Cn1ccc2c(N)ncnc21. The van der Waals surface area contributed by atoms with E-state index < -0.39 is 23.7 Å². The minimum absolute atomic E-state index is 0.214. The minimum Gasteiger partial charge on any atom is -0.481 e. The zero-order chi connectivity index (χ0) is 17.9. The lowest BCUT2D eigenvalue weighted by atomic mass is 10.2. The van der Waals surface area contributed by atoms with Crippen LogP contribution in [-0.4, -0.2) is 43.3 Å². The van der Waals surface area contributed by atoms with E-state index in [0.717, 1.165) is 0 Å². The van der Waals surface area contributed by atoms with Crippen LogP contribution in [0.4, 0.5) is 10.6 Å². The molecule has 24 heavy (non-hydrogen) atoms. The van der Waals surface area contributed by atoms with E-state index in [1.54, 1.807) is 37.6 Å². The lowest BCUT2D eigenvalue weighted by molar-refractivity contribution is -0.137. The smallest absolute Gasteiger partial charge is 0.407 e. The summed E-state index contributed by atoms with van der Waals surface area (Å²) in [4.78, 5) is 31.1. The number of carboxylic acids is 1. The Morgan fingerprint density at radius 2 is 2.12 bits per heavy atom. The summed E-state index contributed by atoms with van der Waals surface area (Å²) in [5.41, 5.74) is 5.69. The van der Waals surface area contributed by atoms with E-state index in [1.165, 1.54) is 6.33 Å². The first kappa shape index (κ1) is 17.5. The lowest BCUT2D eigenvalue weighted by Crippen LogP contribution is -2.42. The molecule has 1 atom stereocenters. The van der Waals surface area contributed by atoms with Crippen LogP contribution in [0.2, 0.25) is 0 Å². The van der Waals surface area contributed by atoms with Crippen LogP contribution < -0.4 is 11.1 Å². The van der Waals surface area contributed by atoms with Gasteiger partial charge in [0.25, 0.3) is 0 Å². The Balaban J connectivity index is 2.17. The molecule has 9 nitrogen and oxygen atoms in total. The van der Waals surface area contributed by atoms with Crippen molar-refractivity contribution in [1.82, 2.24) is 19.9 Å². The van der Waals surface area contributed by atoms with Crippen molar-refractivity contribution >= 4 is 28.9 Å². The number of fused-ring (bicyclic) bond motifs is 1. The van der Waals surface area contributed by atoms with Gasteiger partial charge in [0.1, 0.15) is 23.4 Å². The number of alkyl carbamates (subject to hydrolysis) is 1. The van der Waals surface area contributed by atoms with E-state index in [1.807, 2.05) is 0 Å². The Labute approximate surface area is 138 Å². The number of anilines is 1. The van der Waals surface area contributed by atoms with Crippen LogP contribution in [0.3, 0.4) is 0 Å². The number of nitrogens with one attached hydrogen (secondary N) is 1. The summed E-state index contributed by atoms with van der Waals surface area (Å²) in [5.74, 6) is -0.685. The number of rotatable bonds is 5. The first-order valence-corrected chi connectivity index (χ1v) is 7.42. The largest absolute Gasteiger partial charge is 0.481 e. The molecule has 4 N–H and O–H groups in total. The highest BCUT2D eigenvalue weighted by atomic mass is 16.6. The second-order valence-electron chi connectivity index (χ2n) is 6.41. The van der Waals surface area contributed by atoms with Crippen molar-refractivity contribution < 1.29 is 19.4 Å². The molecule has 2 aromatic rings. The first-order valence-electron chi connectivity index (χ1n) is 7.42. The van der Waals surface area contributed by atoms with Crippen LogP contribution in [-0.2, 0) is 16.1 Å². The van der Waals surface area contributed by atoms with Crippen LogP contribution >= 0.6 is 0 Å². The molecule has 0 fully saturated rings. The number of aliphatic carboxylic acids is 1. The van der Waals surface area contributed by atoms with Gasteiger partial charge in [-0.15, -0.1) is 0 Å². The highest BCUT2D eigenvalue weighted by Crippen LogP contribution is 2.18. The van der Waals surface area contributed by atoms with Gasteiger partial charge in [0.2, 0.25) is 0 Å². The van der Waals surface area contributed by atoms with Crippen LogP contribution in [0.15, 0.2) is 18.6 Å². The molecule has 0 aliphatic heterocycles. The molecule has 0 saturated carbocycles. The summed E-state index contributed by atoms with van der Waals surface area (Å²) in [6.45, 7) is 5.42. The average molecular weight is 335 g/mol. The molecule has 9 heteroatoms. The van der Waals surface area contributed by atoms with E-state index >= 15 is 0 Å². The van der Waals surface area contributed by atoms with E-state index in [9.17, 15) is 9.59 Å². The van der Waals surface area contributed by atoms with Gasteiger partial charge in [0.15, 0.2) is 0 Å². The standard InChI is InChI=1S/C15H21N5O4/c1-15(2,3)24-14(23)19-9(6-11(21)22)7-20-5-4-10-12(16)17-8-18-13(10)20/h4-5,8-9H,6-7H2,1-3H3,(H,19,23)(H,21,22)(H2,16,17,18)/t9-/m0/s1. The summed E-state index contributed by atoms with van der Waals surface area (Å²) >= 11 is 0. The Morgan fingerprint density at radius 1 is 1.42 bits per heavy atom. The van der Waals surface area contributed by atoms with Crippen molar-refractivity contribution in [3.63, 3.8) is 0 Å². The number of hydrogen-bond acceptors (Lipinski definition) is 6. The molecule has 0 bridgehead atoms. The average Bonchev–Trinajstić information content (AvgIpc) is 2.80. The van der Waals surface area contributed by atoms with Gasteiger partial charge < -0.3 is 25.5 Å². The molecular formula is C15H21N5O4. The van der Waals surface area contributed by atoms with Gasteiger partial charge in [-0.25, -0.2) is 14.8 Å². The molecule has 2 heterocycles. The van der Waals surface area contributed by atoms with Gasteiger partial charge >= 0.3 is 12.1 Å². The number of nitrogen functional groups attached to an aromatic ring is 1. The second kappa shape index (κ2) is 6.73. The zero-order valence-corrected chi connectivity index (χ0v) is 13.8. The third-order valence-electron chi connectivity index (χ3n) is 3.15. The monoisotopic (exact) mass is 335 g/mol. The third kappa shape index (κ3) is 4.58. The number of carbonyl (C=O) groups is 2. The van der Waals surface area contributed by atoms with Crippen molar-refractivity contribution in [3.05, 3.63) is 18.6 Å². The second-order valence-corrected chi connectivity index (χ2v) is 6.41. The van der Waals surface area contributed by atoms with E-state index in [2.05, 4.69) is 15.3 Å². The number of aromatic nitrogens is 3. The predicted octanol–water partition coefficient (Wildman–Crippen LogP) is 1.38. The minimum atomic E-state index is -1.03. The number of hydrogen-bond donors (Lipinski definition) is 3. The molecule has 0 saturated heterocycles. The Kier molecular flexibility index (Phi) is 4.91. The number of carboxylic acid groups (broad SMARTS) is 1. The van der Waals surface area contributed by atoms with Crippen molar-refractivity contribution in [2.75, 3.05) is 5.73 Å². The van der Waals surface area contributed by atoms with Crippen LogP contribution in [0, 0.1) is 0 Å². The van der Waals surface area contributed by atoms with Crippen molar-refractivity contribution in [1.29, 1.82) is 0 Å². The van der Waals surface area contributed by atoms with E-state index in [4.69, 9.17) is 15.6 Å². The molecular weight excluding hydrogens is 314 g/mol. The Morgan fingerprint density at radius 3 is 2.75 bits per heavy atom. The predicted molar refractivity (Wildman–Crippen MR) is 87.4 cm³/mol. The summed E-state index contributed by atoms with van der Waals surface area (Å²) in [7, 11) is 0. The third-order valence-corrected chi connectivity index (χ3v) is 3.15. The first-order chi connectivity index (χ1) is 11.2. The molecule has 2 rings (SSSR count). The van der Waals surface area contributed by atoms with Crippen molar-refractivity contribution in [2.24, 2.45) is 0 Å². The quantitative estimate of drug-likeness (QED) is 0.752. The number of ether oxygens (including phenoxy) is 1. The maximum atomic E-state index is 11.9. The molecule has 0 aromatic carbocycles. The lowest BCUT2D eigenvalue weighted by Gasteiger charge is -2.23. The van der Waals surface area contributed by atoms with Gasteiger partial charge in [0, 0.05) is 12.7 Å². The molecule has 0 aliphatic carbocycles. The molecule has 0 aliphatic rings. The van der Waals surface area contributed by atoms with Crippen LogP contribution in [0.1, 0.15) is 27.2 Å². The van der Waals surface area contributed by atoms with Gasteiger partial charge in [-0.3, -0.25) is 4.79 Å². The maximum absolute atomic E-state index is 11.9. The van der Waals surface area contributed by atoms with Crippen LogP contribution in [0.25, 0.3) is 11.0 Å². The number of carbonyl (C=O) groups excluding carboxylic acids is 1. The molecule has 130 valence electrons. The van der Waals surface area contributed by atoms with Gasteiger partial charge in [-0.1, -0.05) is 0 Å². The van der Waals surface area contributed by atoms with Gasteiger partial charge in [-0.2, -0.15) is 0 Å². The van der Waals surface area contributed by atoms with Gasteiger partial charge in [-0.05, 0) is 26.8 Å². The summed E-state index contributed by atoms with van der Waals surface area (Å²) in [6.07, 6.45) is 2.14. The fourth-order valence-electron chi connectivity index (χ4n) is 2.25. The molecule has 0 unspecified atom stereocenters. The fourth-order valence-corrected chi connectivity index (χ4v) is 2.25. The number of amides is 1. The normalized spacial score (nSPS) is 12.8.